The van der Waals surface area contributed by atoms with E-state index in [-0.39, 0.29) is 44.3 Å². The van der Waals surface area contributed by atoms with Crippen molar-refractivity contribution in [3.63, 3.8) is 0 Å². The molecule has 2 aromatic rings. The number of primary amides is 1. The maximum atomic E-state index is 14.8. The largest absolute Gasteiger partial charge is 0.508 e. The zero-order valence-electron chi connectivity index (χ0n) is 42.8. The fourth-order valence-electron chi connectivity index (χ4n) is 9.32. The number of nitrogens with two attached hydrogens (primary N) is 1. The van der Waals surface area contributed by atoms with Gasteiger partial charge in [0.1, 0.15) is 66.5 Å². The Hall–Kier alpha value is -6.95. The van der Waals surface area contributed by atoms with Crippen molar-refractivity contribution < 1.29 is 73.4 Å². The maximum Gasteiger partial charge on any atom is 0.329 e. The van der Waals surface area contributed by atoms with Gasteiger partial charge in [0.15, 0.2) is 0 Å². The van der Waals surface area contributed by atoms with Crippen LogP contribution in [0.1, 0.15) is 90.2 Å². The number of nitrogens with one attached hydrogen (secondary N) is 5. The number of phenolic OH excluding ortho intramolecular Hbond substituents is 1. The van der Waals surface area contributed by atoms with E-state index in [1.807, 2.05) is 0 Å². The molecular weight excluding hydrogens is 977 g/mol. The number of nitrogens with zero attached hydrogens (tertiary/aromatic N) is 2. The summed E-state index contributed by atoms with van der Waals surface area (Å²) in [6, 6.07) is 2.96. The minimum Gasteiger partial charge on any atom is -0.508 e. The number of allylic oxidation sites excluding steroid dienone is 1. The highest BCUT2D eigenvalue weighted by atomic mass is 16.5. The van der Waals surface area contributed by atoms with Gasteiger partial charge < -0.3 is 72.4 Å². The van der Waals surface area contributed by atoms with Crippen LogP contribution in [0.3, 0.4) is 0 Å². The molecule has 5 unspecified atom stereocenters. The number of hydrogen-bond acceptors (Lipinski definition) is 15. The van der Waals surface area contributed by atoms with Crippen molar-refractivity contribution in [1.82, 2.24) is 36.4 Å². The molecule has 2 saturated heterocycles. The molecule has 0 aromatic heterocycles. The molecule has 12 N–H and O–H groups in total. The second kappa shape index (κ2) is 27.0. The minimum absolute atomic E-state index is 0.0615. The molecule has 0 saturated carbocycles. The normalized spacial score (nSPS) is 27.9. The van der Waals surface area contributed by atoms with Crippen molar-refractivity contribution in [2.45, 2.75) is 165 Å². The SMILES string of the molecule is CC[C@H](C)[C@@H]1NC(=O)[C@H](Cc2ccccc2)N(C)C(=O)[C@H]([C@@H](C)O)N2C(=O)C(CCC2O)NC(=O)[C@H](CC2C=CC(O)CC2)NC(=O)[C@@H](NC(=O)[C@H](CCC(N)=O)NC(=O)C(O)Cc2ccc(O)cc2)[C@@H](C)OC1=O. The van der Waals surface area contributed by atoms with E-state index in [1.165, 1.54) is 51.2 Å². The van der Waals surface area contributed by atoms with Gasteiger partial charge >= 0.3 is 5.97 Å². The van der Waals surface area contributed by atoms with Gasteiger partial charge in [0.25, 0.3) is 0 Å². The van der Waals surface area contributed by atoms with Crippen molar-refractivity contribution in [1.29, 1.82) is 0 Å². The number of piperidine rings is 1. The number of ether oxygens (including phenoxy) is 1. The lowest BCUT2D eigenvalue weighted by molar-refractivity contribution is -0.170. The molecule has 14 atom stereocenters. The monoisotopic (exact) mass is 1050 g/mol. The number of esters is 1. The summed E-state index contributed by atoms with van der Waals surface area (Å²) in [4.78, 5) is 129. The number of cyclic esters (lactones) is 1. The van der Waals surface area contributed by atoms with E-state index >= 15 is 0 Å². The van der Waals surface area contributed by atoms with Crippen molar-refractivity contribution in [3.05, 3.63) is 77.9 Å². The lowest BCUT2D eigenvalue weighted by Gasteiger charge is -2.43. The molecule has 2 aromatic carbocycles. The van der Waals surface area contributed by atoms with Crippen molar-refractivity contribution in [2.75, 3.05) is 7.05 Å². The quantitative estimate of drug-likeness (QED) is 0.0670. The summed E-state index contributed by atoms with van der Waals surface area (Å²) in [6.45, 7) is 5.84. The molecule has 23 nitrogen and oxygen atoms in total. The molecular formula is C52H72N8O15. The first-order chi connectivity index (χ1) is 35.5. The predicted octanol–water partition coefficient (Wildman–Crippen LogP) is -1.55. The van der Waals surface area contributed by atoms with E-state index in [0.717, 1.165) is 9.80 Å². The van der Waals surface area contributed by atoms with Gasteiger partial charge in [0.2, 0.25) is 47.3 Å². The number of carbonyl (C=O) groups excluding carboxylic acids is 9. The molecule has 2 aliphatic heterocycles. The van der Waals surface area contributed by atoms with Gasteiger partial charge in [-0.25, -0.2) is 4.79 Å². The van der Waals surface area contributed by atoms with E-state index in [2.05, 4.69) is 26.6 Å². The zero-order chi connectivity index (χ0) is 55.3. The summed E-state index contributed by atoms with van der Waals surface area (Å²) in [5, 5.41) is 66.2. The Morgan fingerprint density at radius 1 is 0.827 bits per heavy atom. The van der Waals surface area contributed by atoms with Crippen molar-refractivity contribution >= 4 is 53.2 Å². The summed E-state index contributed by atoms with van der Waals surface area (Å²) in [5.41, 5.74) is 6.45. The summed E-state index contributed by atoms with van der Waals surface area (Å²) >= 11 is 0. The van der Waals surface area contributed by atoms with Crippen LogP contribution < -0.4 is 32.3 Å². The van der Waals surface area contributed by atoms with Crippen molar-refractivity contribution in [2.24, 2.45) is 17.6 Å². The number of aromatic hydroxyl groups is 1. The van der Waals surface area contributed by atoms with Crippen LogP contribution in [0.15, 0.2) is 66.7 Å². The average Bonchev–Trinajstić information content (AvgIpc) is 3.37. The van der Waals surface area contributed by atoms with E-state index in [0.29, 0.717) is 24.0 Å². The van der Waals surface area contributed by atoms with Gasteiger partial charge in [0, 0.05) is 26.3 Å². The smallest absolute Gasteiger partial charge is 0.329 e. The standard InChI is InChI=1S/C52H72N8O15/c1-6-27(2)42-52(74)75-29(4)43(58-45(67)35(20-22-40(53)65)54-48(70)39(64)26-32-14-18-34(63)19-15-32)49(71)56-37(24-31-12-16-33(62)17-13-31)46(68)55-36-21-23-41(66)60(50(36)72)44(28(3)61)51(73)59(5)38(47(69)57-42)25-30-10-8-7-9-11-30/h7-12,14-16,18-19,27-29,31,33,35-39,41-44,61-64,66H,6,13,17,20-26H2,1-5H3,(H2,53,65)(H,54,70)(H,55,68)(H,56,71)(H,57,69)(H,58,67)/t27-,28+,29+,31?,33?,35-,36?,37-,38-,39?,41?,42-,43-,44-/m0/s1. The van der Waals surface area contributed by atoms with Crippen LogP contribution in [-0.2, 0) is 60.7 Å². The maximum absolute atomic E-state index is 14.8. The molecule has 23 heteroatoms. The Bertz CT molecular complexity index is 2390. The molecule has 75 heavy (non-hydrogen) atoms. The highest BCUT2D eigenvalue weighted by molar-refractivity contribution is 5.98. The van der Waals surface area contributed by atoms with Crippen LogP contribution in [0, 0.1) is 11.8 Å². The topological polar surface area (TPSA) is 357 Å². The number of benzene rings is 2. The fraction of sp³-hybridized carbons (Fsp3) is 0.558. The Kier molecular flexibility index (Phi) is 21.2. The van der Waals surface area contributed by atoms with Gasteiger partial charge in [0.05, 0.1) is 12.2 Å². The van der Waals surface area contributed by atoms with E-state index in [4.69, 9.17) is 10.5 Å². The number of fused-ring (bicyclic) bond motifs is 2. The van der Waals surface area contributed by atoms with Crippen LogP contribution in [0.5, 0.6) is 5.75 Å². The van der Waals surface area contributed by atoms with Gasteiger partial charge in [-0.3, -0.25) is 38.4 Å². The number of aliphatic hydroxyl groups is 4. The molecule has 2 fully saturated rings. The summed E-state index contributed by atoms with van der Waals surface area (Å²) in [7, 11) is 1.27. The number of carbonyl (C=O) groups is 9. The van der Waals surface area contributed by atoms with Gasteiger partial charge in [-0.05, 0) is 87.5 Å². The highest BCUT2D eigenvalue weighted by Crippen LogP contribution is 2.27. The molecule has 2 bridgehead atoms. The zero-order valence-corrected chi connectivity index (χ0v) is 42.8. The molecule has 0 radical (unpaired) electrons. The number of likely N-dealkylation sites (N-methyl/N-ethyl adjacent to an activating group) is 1. The van der Waals surface area contributed by atoms with Crippen molar-refractivity contribution in [3.8, 4) is 5.75 Å². The lowest BCUT2D eigenvalue weighted by atomic mass is 9.88. The molecule has 1 aliphatic carbocycles. The number of hydrogen-bond donors (Lipinski definition) is 11. The minimum atomic E-state index is -1.91. The number of aliphatic hydroxyl groups excluding tert-OH is 4. The Labute approximate surface area is 435 Å². The predicted molar refractivity (Wildman–Crippen MR) is 268 cm³/mol. The van der Waals surface area contributed by atoms with Crippen LogP contribution in [0.4, 0.5) is 0 Å². The third-order valence-electron chi connectivity index (χ3n) is 14.0. The average molecular weight is 1050 g/mol. The van der Waals surface area contributed by atoms with Gasteiger partial charge in [-0.1, -0.05) is 74.9 Å². The second-order valence-electron chi connectivity index (χ2n) is 19.7. The van der Waals surface area contributed by atoms with Crippen LogP contribution >= 0.6 is 0 Å². The first kappa shape index (κ1) is 58.9. The third kappa shape index (κ3) is 16.0. The number of amides is 8. The Morgan fingerprint density at radius 2 is 1.51 bits per heavy atom. The van der Waals surface area contributed by atoms with Crippen LogP contribution in [0.25, 0.3) is 0 Å². The fourth-order valence-corrected chi connectivity index (χ4v) is 9.32. The molecule has 5 rings (SSSR count). The molecule has 0 spiro atoms. The second-order valence-corrected chi connectivity index (χ2v) is 19.7. The highest BCUT2D eigenvalue weighted by Gasteiger charge is 2.47. The number of rotatable bonds is 16. The van der Waals surface area contributed by atoms with Crippen LogP contribution in [-0.4, -0.2) is 169 Å². The molecule has 8 amide bonds. The van der Waals surface area contributed by atoms with E-state index in [9.17, 15) is 68.7 Å². The lowest BCUT2D eigenvalue weighted by Crippen LogP contribution is -2.67. The van der Waals surface area contributed by atoms with Gasteiger partial charge in [-0.15, -0.1) is 0 Å². The van der Waals surface area contributed by atoms with Crippen LogP contribution in [0.2, 0.25) is 0 Å². The summed E-state index contributed by atoms with van der Waals surface area (Å²) in [6.07, 6.45) is -5.11. The summed E-state index contributed by atoms with van der Waals surface area (Å²) in [5.74, 6) is -10.1. The third-order valence-corrected chi connectivity index (χ3v) is 14.0. The van der Waals surface area contributed by atoms with Gasteiger partial charge in [-0.2, -0.15) is 0 Å². The molecule has 2 heterocycles. The van der Waals surface area contributed by atoms with E-state index < -0.39 is 151 Å². The summed E-state index contributed by atoms with van der Waals surface area (Å²) < 4.78 is 5.93. The molecule has 3 aliphatic rings. The first-order valence-corrected chi connectivity index (χ1v) is 25.3. The molecule has 410 valence electrons. The Balaban J connectivity index is 1.59. The number of phenols is 1. The van der Waals surface area contributed by atoms with E-state index in [1.54, 1.807) is 50.3 Å². The Morgan fingerprint density at radius 3 is 2.12 bits per heavy atom. The first-order valence-electron chi connectivity index (χ1n) is 25.3.